The van der Waals surface area contributed by atoms with Crippen molar-refractivity contribution in [3.05, 3.63) is 41.5 Å². The summed E-state index contributed by atoms with van der Waals surface area (Å²) in [7, 11) is 1.34. The van der Waals surface area contributed by atoms with Gasteiger partial charge in [-0.25, -0.2) is 0 Å². The number of amides is 2. The molecule has 6 heteroatoms. The van der Waals surface area contributed by atoms with E-state index in [0.29, 0.717) is 25.4 Å². The molecule has 2 amide bonds. The van der Waals surface area contributed by atoms with Gasteiger partial charge in [-0.05, 0) is 29.5 Å². The van der Waals surface area contributed by atoms with Crippen LogP contribution in [0.25, 0.3) is 6.08 Å². The molecule has 0 heterocycles. The Morgan fingerprint density at radius 3 is 2.32 bits per heavy atom. The summed E-state index contributed by atoms with van der Waals surface area (Å²) in [4.78, 5) is 37.0. The SMILES string of the molecule is COC(=O)C(C)CN(CCCNC(C)=O)C(=O)/C=C/c1ccc(C(C)C)cc1. The minimum atomic E-state index is -0.423. The van der Waals surface area contributed by atoms with E-state index in [-0.39, 0.29) is 24.3 Å². The quantitative estimate of drug-likeness (QED) is 0.380. The number of carbonyl (C=O) groups excluding carboxylic acids is 3. The van der Waals surface area contributed by atoms with Gasteiger partial charge < -0.3 is 15.0 Å². The van der Waals surface area contributed by atoms with Crippen LogP contribution in [0.3, 0.4) is 0 Å². The van der Waals surface area contributed by atoms with Gasteiger partial charge >= 0.3 is 5.97 Å². The molecule has 0 aromatic heterocycles. The first-order valence-corrected chi connectivity index (χ1v) is 9.63. The first-order valence-electron chi connectivity index (χ1n) is 9.63. The molecule has 1 aromatic rings. The Balaban J connectivity index is 2.77. The number of nitrogens with one attached hydrogen (secondary N) is 1. The van der Waals surface area contributed by atoms with Crippen LogP contribution in [0.2, 0.25) is 0 Å². The summed E-state index contributed by atoms with van der Waals surface area (Å²) >= 11 is 0. The van der Waals surface area contributed by atoms with Crippen molar-refractivity contribution in [3.63, 3.8) is 0 Å². The molecule has 1 N–H and O–H groups in total. The van der Waals surface area contributed by atoms with Crippen molar-refractivity contribution in [1.29, 1.82) is 0 Å². The lowest BCUT2D eigenvalue weighted by atomic mass is 10.0. The summed E-state index contributed by atoms with van der Waals surface area (Å²) in [5.74, 6) is -0.600. The Labute approximate surface area is 167 Å². The first-order chi connectivity index (χ1) is 13.2. The topological polar surface area (TPSA) is 75.7 Å². The van der Waals surface area contributed by atoms with Gasteiger partial charge in [-0.3, -0.25) is 14.4 Å². The molecule has 154 valence electrons. The molecule has 1 unspecified atom stereocenters. The van der Waals surface area contributed by atoms with Crippen LogP contribution in [-0.4, -0.2) is 49.4 Å². The third-order valence-electron chi connectivity index (χ3n) is 4.41. The van der Waals surface area contributed by atoms with Crippen LogP contribution in [0.15, 0.2) is 30.3 Å². The van der Waals surface area contributed by atoms with Gasteiger partial charge in [0.05, 0.1) is 13.0 Å². The highest BCUT2D eigenvalue weighted by Crippen LogP contribution is 2.15. The van der Waals surface area contributed by atoms with Crippen LogP contribution in [0.5, 0.6) is 0 Å². The molecule has 0 saturated heterocycles. The van der Waals surface area contributed by atoms with Crippen molar-refractivity contribution in [2.24, 2.45) is 5.92 Å². The fourth-order valence-electron chi connectivity index (χ4n) is 2.70. The summed E-state index contributed by atoms with van der Waals surface area (Å²) in [5.41, 5.74) is 2.19. The van der Waals surface area contributed by atoms with E-state index < -0.39 is 5.92 Å². The smallest absolute Gasteiger partial charge is 0.310 e. The van der Waals surface area contributed by atoms with Crippen LogP contribution in [0, 0.1) is 5.92 Å². The lowest BCUT2D eigenvalue weighted by Gasteiger charge is -2.24. The van der Waals surface area contributed by atoms with Crippen LogP contribution in [0.4, 0.5) is 0 Å². The largest absolute Gasteiger partial charge is 0.469 e. The maximum atomic E-state index is 12.7. The predicted molar refractivity (Wildman–Crippen MR) is 111 cm³/mol. The zero-order chi connectivity index (χ0) is 21.1. The summed E-state index contributed by atoms with van der Waals surface area (Å²) in [5, 5.41) is 2.71. The van der Waals surface area contributed by atoms with Gasteiger partial charge in [-0.15, -0.1) is 0 Å². The number of rotatable bonds is 10. The second-order valence-corrected chi connectivity index (χ2v) is 7.20. The Bertz CT molecular complexity index is 680. The molecule has 1 aromatic carbocycles. The number of hydrogen-bond donors (Lipinski definition) is 1. The maximum absolute atomic E-state index is 12.7. The standard InChI is InChI=1S/C22H32N2O4/c1-16(2)20-10-7-19(8-11-20)9-12-21(26)24(14-6-13-23-18(4)25)15-17(3)22(27)28-5/h7-12,16-17H,6,13-15H2,1-5H3,(H,23,25)/b12-9+. The van der Waals surface area contributed by atoms with Crippen molar-refractivity contribution < 1.29 is 19.1 Å². The number of nitrogens with zero attached hydrogens (tertiary/aromatic N) is 1. The van der Waals surface area contributed by atoms with Gasteiger partial charge in [0.1, 0.15) is 0 Å². The fraction of sp³-hybridized carbons (Fsp3) is 0.500. The van der Waals surface area contributed by atoms with Crippen molar-refractivity contribution in [3.8, 4) is 0 Å². The minimum Gasteiger partial charge on any atom is -0.469 e. The Morgan fingerprint density at radius 1 is 1.14 bits per heavy atom. The Hall–Kier alpha value is -2.63. The molecule has 0 saturated carbocycles. The summed E-state index contributed by atoms with van der Waals surface area (Å²) in [6.45, 7) is 8.64. The highest BCUT2D eigenvalue weighted by atomic mass is 16.5. The van der Waals surface area contributed by atoms with Crippen LogP contribution < -0.4 is 5.32 Å². The van der Waals surface area contributed by atoms with E-state index in [1.165, 1.54) is 25.7 Å². The molecule has 0 bridgehead atoms. The van der Waals surface area contributed by atoms with E-state index >= 15 is 0 Å². The van der Waals surface area contributed by atoms with Gasteiger partial charge in [0.25, 0.3) is 0 Å². The van der Waals surface area contributed by atoms with E-state index in [1.54, 1.807) is 17.9 Å². The first kappa shape index (κ1) is 23.4. The molecule has 0 fully saturated rings. The highest BCUT2D eigenvalue weighted by Gasteiger charge is 2.20. The summed E-state index contributed by atoms with van der Waals surface area (Å²) in [6.07, 6.45) is 3.90. The molecule has 1 atom stereocenters. The van der Waals surface area contributed by atoms with Crippen molar-refractivity contribution in [2.45, 2.75) is 40.0 Å². The van der Waals surface area contributed by atoms with Crippen molar-refractivity contribution in [2.75, 3.05) is 26.7 Å². The highest BCUT2D eigenvalue weighted by molar-refractivity contribution is 5.92. The Kier molecular flexibility index (Phi) is 9.99. The predicted octanol–water partition coefficient (Wildman–Crippen LogP) is 2.99. The molecule has 6 nitrogen and oxygen atoms in total. The van der Waals surface area contributed by atoms with E-state index in [4.69, 9.17) is 4.74 Å². The number of ether oxygens (including phenoxy) is 1. The van der Waals surface area contributed by atoms with E-state index in [2.05, 4.69) is 31.3 Å². The summed E-state index contributed by atoms with van der Waals surface area (Å²) in [6, 6.07) is 8.08. The van der Waals surface area contributed by atoms with Gasteiger partial charge in [0.15, 0.2) is 0 Å². The third kappa shape index (κ3) is 8.37. The zero-order valence-electron chi connectivity index (χ0n) is 17.5. The fourth-order valence-corrected chi connectivity index (χ4v) is 2.70. The molecule has 0 aliphatic carbocycles. The molecular formula is C22H32N2O4. The maximum Gasteiger partial charge on any atom is 0.310 e. The van der Waals surface area contributed by atoms with Gasteiger partial charge in [-0.2, -0.15) is 0 Å². The van der Waals surface area contributed by atoms with Crippen LogP contribution >= 0.6 is 0 Å². The van der Waals surface area contributed by atoms with E-state index in [1.807, 2.05) is 12.1 Å². The lowest BCUT2D eigenvalue weighted by Crippen LogP contribution is -2.38. The minimum absolute atomic E-state index is 0.106. The van der Waals surface area contributed by atoms with Crippen LogP contribution in [-0.2, 0) is 19.1 Å². The molecule has 0 aliphatic rings. The molecular weight excluding hydrogens is 356 g/mol. The normalized spacial score (nSPS) is 12.1. The number of methoxy groups -OCH3 is 1. The number of carbonyl (C=O) groups is 3. The molecule has 0 aliphatic heterocycles. The monoisotopic (exact) mass is 388 g/mol. The molecule has 1 rings (SSSR count). The average Bonchev–Trinajstić information content (AvgIpc) is 2.67. The third-order valence-corrected chi connectivity index (χ3v) is 4.41. The average molecular weight is 389 g/mol. The second-order valence-electron chi connectivity index (χ2n) is 7.20. The van der Waals surface area contributed by atoms with Gasteiger partial charge in [-0.1, -0.05) is 45.0 Å². The molecule has 28 heavy (non-hydrogen) atoms. The second kappa shape index (κ2) is 12.0. The van der Waals surface area contributed by atoms with Crippen molar-refractivity contribution >= 4 is 23.9 Å². The van der Waals surface area contributed by atoms with E-state index in [9.17, 15) is 14.4 Å². The lowest BCUT2D eigenvalue weighted by molar-refractivity contribution is -0.146. The number of benzene rings is 1. The zero-order valence-corrected chi connectivity index (χ0v) is 17.5. The molecule has 0 spiro atoms. The Morgan fingerprint density at radius 2 is 1.79 bits per heavy atom. The number of esters is 1. The van der Waals surface area contributed by atoms with Gasteiger partial charge in [0.2, 0.25) is 11.8 Å². The molecule has 0 radical (unpaired) electrons. The van der Waals surface area contributed by atoms with Crippen LogP contribution in [0.1, 0.15) is 51.2 Å². The summed E-state index contributed by atoms with van der Waals surface area (Å²) < 4.78 is 4.76. The number of hydrogen-bond acceptors (Lipinski definition) is 4. The van der Waals surface area contributed by atoms with E-state index in [0.717, 1.165) is 5.56 Å². The van der Waals surface area contributed by atoms with Gasteiger partial charge in [0, 0.05) is 32.6 Å². The van der Waals surface area contributed by atoms with Crippen molar-refractivity contribution in [1.82, 2.24) is 10.2 Å².